The number of nitriles is 1. The summed E-state index contributed by atoms with van der Waals surface area (Å²) < 4.78 is 1.87. The van der Waals surface area contributed by atoms with Crippen molar-refractivity contribution in [2.24, 2.45) is 0 Å². The molecule has 96 valence electrons. The third-order valence-corrected chi connectivity index (χ3v) is 3.24. The Morgan fingerprint density at radius 2 is 2.10 bits per heavy atom. The lowest BCUT2D eigenvalue weighted by Gasteiger charge is -2.06. The summed E-state index contributed by atoms with van der Waals surface area (Å²) in [6.07, 6.45) is 7.04. The highest BCUT2D eigenvalue weighted by Crippen LogP contribution is 2.27. The number of benzene rings is 1. The Balaban J connectivity index is 1.98. The highest BCUT2D eigenvalue weighted by Gasteiger charge is 2.06. The van der Waals surface area contributed by atoms with Gasteiger partial charge in [0.05, 0.1) is 40.6 Å². The van der Waals surface area contributed by atoms with Crippen LogP contribution in [0.2, 0.25) is 5.02 Å². The molecule has 0 aliphatic rings. The summed E-state index contributed by atoms with van der Waals surface area (Å²) >= 11 is 6.18. The monoisotopic (exact) mass is 280 g/mol. The molecular weight excluding hydrogens is 272 g/mol. The van der Waals surface area contributed by atoms with Crippen molar-refractivity contribution in [2.45, 2.75) is 0 Å². The van der Waals surface area contributed by atoms with E-state index in [0.717, 1.165) is 16.9 Å². The topological polar surface area (TPSA) is 54.5 Å². The van der Waals surface area contributed by atoms with Crippen LogP contribution in [-0.4, -0.2) is 14.5 Å². The number of nitrogens with zero attached hydrogens (tertiary/aromatic N) is 4. The molecule has 0 aliphatic heterocycles. The predicted octanol–water partition coefficient (Wildman–Crippen LogP) is 3.46. The van der Waals surface area contributed by atoms with Crippen LogP contribution >= 0.6 is 11.6 Å². The van der Waals surface area contributed by atoms with E-state index in [4.69, 9.17) is 16.9 Å². The molecule has 3 rings (SSSR count). The van der Waals surface area contributed by atoms with Gasteiger partial charge < -0.3 is 4.57 Å². The van der Waals surface area contributed by atoms with E-state index >= 15 is 0 Å². The second-order valence-electron chi connectivity index (χ2n) is 4.18. The largest absolute Gasteiger partial charge is 0.305 e. The van der Waals surface area contributed by atoms with Crippen LogP contribution in [0.25, 0.3) is 16.9 Å². The van der Waals surface area contributed by atoms with Crippen LogP contribution < -0.4 is 0 Å². The van der Waals surface area contributed by atoms with Crippen molar-refractivity contribution in [2.75, 3.05) is 0 Å². The number of aromatic nitrogens is 3. The number of imidazole rings is 1. The fraction of sp³-hybridized carbons (Fsp3) is 0. The van der Waals surface area contributed by atoms with Crippen LogP contribution in [0, 0.1) is 11.3 Å². The Morgan fingerprint density at radius 1 is 1.20 bits per heavy atom. The van der Waals surface area contributed by atoms with Gasteiger partial charge in [0.1, 0.15) is 0 Å². The van der Waals surface area contributed by atoms with Gasteiger partial charge in [-0.15, -0.1) is 0 Å². The number of hydrogen-bond acceptors (Lipinski definition) is 3. The molecule has 0 bridgehead atoms. The maximum Gasteiger partial charge on any atom is 0.0992 e. The van der Waals surface area contributed by atoms with Gasteiger partial charge in [0.15, 0.2) is 0 Å². The van der Waals surface area contributed by atoms with Crippen molar-refractivity contribution in [1.82, 2.24) is 14.5 Å². The molecule has 0 unspecified atom stereocenters. The van der Waals surface area contributed by atoms with Gasteiger partial charge in [0.25, 0.3) is 0 Å². The molecule has 1 aromatic carbocycles. The molecule has 0 saturated heterocycles. The molecule has 0 spiro atoms. The SMILES string of the molecule is N#Cc1ccc(-c2ccc(-n3ccnc3)cn2)c(Cl)c1. The molecular formula is C15H9ClN4. The number of hydrogen-bond donors (Lipinski definition) is 0. The third-order valence-electron chi connectivity index (χ3n) is 2.92. The van der Waals surface area contributed by atoms with E-state index in [1.165, 1.54) is 0 Å². The van der Waals surface area contributed by atoms with Crippen molar-refractivity contribution in [3.63, 3.8) is 0 Å². The van der Waals surface area contributed by atoms with Gasteiger partial charge in [-0.2, -0.15) is 5.26 Å². The summed E-state index contributed by atoms with van der Waals surface area (Å²) in [5.41, 5.74) is 3.04. The molecule has 3 aromatic rings. The van der Waals surface area contributed by atoms with Crippen LogP contribution in [0.15, 0.2) is 55.2 Å². The quantitative estimate of drug-likeness (QED) is 0.722. The lowest BCUT2D eigenvalue weighted by molar-refractivity contribution is 1.04. The van der Waals surface area contributed by atoms with Gasteiger partial charge in [-0.25, -0.2) is 4.98 Å². The Bertz CT molecular complexity index is 771. The average molecular weight is 281 g/mol. The normalized spacial score (nSPS) is 10.2. The van der Waals surface area contributed by atoms with Crippen LogP contribution in [-0.2, 0) is 0 Å². The average Bonchev–Trinajstić information content (AvgIpc) is 3.01. The first-order valence-electron chi connectivity index (χ1n) is 5.92. The zero-order valence-corrected chi connectivity index (χ0v) is 11.1. The molecule has 0 fully saturated rings. The molecule has 0 saturated carbocycles. The fourth-order valence-corrected chi connectivity index (χ4v) is 2.18. The predicted molar refractivity (Wildman–Crippen MR) is 76.5 cm³/mol. The Kier molecular flexibility index (Phi) is 3.20. The van der Waals surface area contributed by atoms with Crippen LogP contribution in [0.5, 0.6) is 0 Å². The van der Waals surface area contributed by atoms with Gasteiger partial charge >= 0.3 is 0 Å². The first-order valence-corrected chi connectivity index (χ1v) is 6.30. The summed E-state index contributed by atoms with van der Waals surface area (Å²) in [4.78, 5) is 8.40. The smallest absolute Gasteiger partial charge is 0.0992 e. The summed E-state index contributed by atoms with van der Waals surface area (Å²) in [6, 6.07) is 11.1. The molecule has 20 heavy (non-hydrogen) atoms. The van der Waals surface area contributed by atoms with Gasteiger partial charge in [0, 0.05) is 18.0 Å². The zero-order valence-electron chi connectivity index (χ0n) is 10.4. The number of rotatable bonds is 2. The van der Waals surface area contributed by atoms with Gasteiger partial charge in [-0.05, 0) is 30.3 Å². The maximum atomic E-state index is 8.83. The summed E-state index contributed by atoms with van der Waals surface area (Å²) in [6.45, 7) is 0. The van der Waals surface area contributed by atoms with Crippen molar-refractivity contribution < 1.29 is 0 Å². The van der Waals surface area contributed by atoms with Gasteiger partial charge in [0.2, 0.25) is 0 Å². The zero-order chi connectivity index (χ0) is 13.9. The molecule has 5 heteroatoms. The second kappa shape index (κ2) is 5.16. The van der Waals surface area contributed by atoms with Crippen LogP contribution in [0.1, 0.15) is 5.56 Å². The first kappa shape index (κ1) is 12.4. The molecule has 0 amide bonds. The second-order valence-corrected chi connectivity index (χ2v) is 4.59. The number of halogens is 1. The first-order chi connectivity index (χ1) is 9.78. The highest BCUT2D eigenvalue weighted by molar-refractivity contribution is 6.33. The molecule has 0 N–H and O–H groups in total. The van der Waals surface area contributed by atoms with E-state index in [1.807, 2.05) is 22.9 Å². The Hall–Kier alpha value is -2.64. The van der Waals surface area contributed by atoms with Crippen LogP contribution in [0.3, 0.4) is 0 Å². The fourth-order valence-electron chi connectivity index (χ4n) is 1.90. The number of pyridine rings is 1. The minimum absolute atomic E-state index is 0.520. The summed E-state index contributed by atoms with van der Waals surface area (Å²) in [5, 5.41) is 9.35. The molecule has 0 aliphatic carbocycles. The minimum atomic E-state index is 0.520. The van der Waals surface area contributed by atoms with E-state index in [0.29, 0.717) is 10.6 Å². The van der Waals surface area contributed by atoms with Crippen LogP contribution in [0.4, 0.5) is 0 Å². The van der Waals surface area contributed by atoms with E-state index < -0.39 is 0 Å². The molecule has 0 radical (unpaired) electrons. The van der Waals surface area contributed by atoms with E-state index in [-0.39, 0.29) is 0 Å². The summed E-state index contributed by atoms with van der Waals surface area (Å²) in [7, 11) is 0. The summed E-state index contributed by atoms with van der Waals surface area (Å²) in [5.74, 6) is 0. The molecule has 2 heterocycles. The maximum absolute atomic E-state index is 8.83. The Labute approximate surface area is 120 Å². The lowest BCUT2D eigenvalue weighted by Crippen LogP contribution is -1.92. The minimum Gasteiger partial charge on any atom is -0.305 e. The Morgan fingerprint density at radius 3 is 2.70 bits per heavy atom. The molecule has 2 aromatic heterocycles. The van der Waals surface area contributed by atoms with Gasteiger partial charge in [-0.1, -0.05) is 11.6 Å². The van der Waals surface area contributed by atoms with E-state index in [9.17, 15) is 0 Å². The molecule has 0 atom stereocenters. The van der Waals surface area contributed by atoms with E-state index in [2.05, 4.69) is 16.0 Å². The molecule has 4 nitrogen and oxygen atoms in total. The van der Waals surface area contributed by atoms with Crippen molar-refractivity contribution in [3.8, 4) is 23.0 Å². The lowest BCUT2D eigenvalue weighted by atomic mass is 10.1. The standard InChI is InChI=1S/C15H9ClN4/c16-14-7-11(8-17)1-3-13(14)15-4-2-12(9-19-15)20-6-5-18-10-20/h1-7,9-10H. The van der Waals surface area contributed by atoms with Crippen molar-refractivity contribution in [3.05, 3.63) is 65.8 Å². The highest BCUT2D eigenvalue weighted by atomic mass is 35.5. The van der Waals surface area contributed by atoms with Crippen molar-refractivity contribution >= 4 is 11.6 Å². The van der Waals surface area contributed by atoms with Gasteiger partial charge in [-0.3, -0.25) is 4.98 Å². The van der Waals surface area contributed by atoms with Crippen molar-refractivity contribution in [1.29, 1.82) is 5.26 Å². The third kappa shape index (κ3) is 2.27. The van der Waals surface area contributed by atoms with E-state index in [1.54, 1.807) is 36.9 Å².